The van der Waals surface area contributed by atoms with E-state index in [1.165, 1.54) is 6.20 Å². The predicted octanol–water partition coefficient (Wildman–Crippen LogP) is 4.30. The number of anilines is 1. The number of thiazole rings is 1. The predicted molar refractivity (Wildman–Crippen MR) is 104 cm³/mol. The number of alkyl halides is 2. The van der Waals surface area contributed by atoms with Crippen LogP contribution >= 0.6 is 11.3 Å². The van der Waals surface area contributed by atoms with Gasteiger partial charge in [-0.1, -0.05) is 6.92 Å². The van der Waals surface area contributed by atoms with Gasteiger partial charge in [0.25, 0.3) is 6.43 Å². The number of carbonyl (C=O) groups is 1. The third-order valence-electron chi connectivity index (χ3n) is 6.01. The molecule has 0 spiro atoms. The van der Waals surface area contributed by atoms with Gasteiger partial charge in [-0.05, 0) is 30.9 Å². The maximum atomic E-state index is 13.3. The monoisotopic (exact) mass is 413 g/mol. The van der Waals surface area contributed by atoms with Crippen LogP contribution in [0.3, 0.4) is 0 Å². The first-order valence-electron chi connectivity index (χ1n) is 9.40. The summed E-state index contributed by atoms with van der Waals surface area (Å²) in [6.45, 7) is 2.43. The summed E-state index contributed by atoms with van der Waals surface area (Å²) in [5.41, 5.74) is 1.13. The highest BCUT2D eigenvalue weighted by atomic mass is 32.1. The SMILES string of the molecule is C[C@@H]1CN(c2ccnn3cc(-c4cnc(C(F)F)s4)cc23)C(=O)[C@]1(C#N)C1CC1. The molecule has 0 N–H and O–H groups in total. The van der Waals surface area contributed by atoms with Gasteiger partial charge in [0.05, 0.1) is 22.2 Å². The first-order chi connectivity index (χ1) is 14.0. The van der Waals surface area contributed by atoms with Crippen LogP contribution in [0.5, 0.6) is 0 Å². The lowest BCUT2D eigenvalue weighted by atomic mass is 9.75. The number of halogens is 2. The quantitative estimate of drug-likeness (QED) is 0.639. The second-order valence-corrected chi connectivity index (χ2v) is 8.77. The van der Waals surface area contributed by atoms with Crippen LogP contribution in [0.15, 0.2) is 30.7 Å². The van der Waals surface area contributed by atoms with Crippen molar-refractivity contribution in [3.63, 3.8) is 0 Å². The van der Waals surface area contributed by atoms with Crippen LogP contribution in [0.1, 0.15) is 31.2 Å². The number of nitrogens with zero attached hydrogens (tertiary/aromatic N) is 5. The molecule has 0 bridgehead atoms. The normalized spacial score (nSPS) is 24.6. The topological polar surface area (TPSA) is 74.3 Å². The van der Waals surface area contributed by atoms with Crippen molar-refractivity contribution >= 4 is 28.4 Å². The van der Waals surface area contributed by atoms with Gasteiger partial charge in [-0.2, -0.15) is 10.4 Å². The zero-order valence-electron chi connectivity index (χ0n) is 15.5. The molecular formula is C20H17F2N5OS. The van der Waals surface area contributed by atoms with Gasteiger partial charge in [-0.15, -0.1) is 11.3 Å². The number of carbonyl (C=O) groups excluding carboxylic acids is 1. The second-order valence-electron chi connectivity index (χ2n) is 7.71. The van der Waals surface area contributed by atoms with E-state index >= 15 is 0 Å². The van der Waals surface area contributed by atoms with E-state index in [1.54, 1.807) is 27.9 Å². The Bertz CT molecular complexity index is 1160. The molecule has 3 aromatic heterocycles. The van der Waals surface area contributed by atoms with Gasteiger partial charge in [-0.25, -0.2) is 18.3 Å². The largest absolute Gasteiger partial charge is 0.309 e. The number of rotatable bonds is 4. The number of fused-ring (bicyclic) bond motifs is 1. The summed E-state index contributed by atoms with van der Waals surface area (Å²) in [5.74, 6) is -0.0842. The molecule has 6 nitrogen and oxygen atoms in total. The molecular weight excluding hydrogens is 396 g/mol. The zero-order valence-corrected chi connectivity index (χ0v) is 16.4. The molecule has 1 aliphatic heterocycles. The Morgan fingerprint density at radius 3 is 2.86 bits per heavy atom. The number of nitriles is 1. The van der Waals surface area contributed by atoms with Crippen LogP contribution in [-0.4, -0.2) is 27.0 Å². The number of hydrogen-bond acceptors (Lipinski definition) is 5. The fourth-order valence-electron chi connectivity index (χ4n) is 4.39. The smallest absolute Gasteiger partial charge is 0.289 e. The molecule has 4 heterocycles. The zero-order chi connectivity index (χ0) is 20.3. The van der Waals surface area contributed by atoms with Crippen LogP contribution in [0, 0.1) is 28.6 Å². The molecule has 2 atom stereocenters. The van der Waals surface area contributed by atoms with E-state index in [0.29, 0.717) is 28.2 Å². The standard InChI is InChI=1S/C20H17F2N5OS/c1-11-8-26(19(28)20(11,10-23)13-2-3-13)14-4-5-25-27-9-12(6-15(14)27)16-7-24-18(29-16)17(21)22/h4-7,9,11,13,17H,2-3,8H2,1H3/t11-,20+/m1/s1. The molecule has 5 rings (SSSR count). The van der Waals surface area contributed by atoms with E-state index in [1.807, 2.05) is 13.0 Å². The molecule has 1 saturated heterocycles. The van der Waals surface area contributed by atoms with Gasteiger partial charge in [0.2, 0.25) is 5.91 Å². The first kappa shape index (κ1) is 18.2. The van der Waals surface area contributed by atoms with Crippen molar-refractivity contribution in [3.8, 4) is 16.5 Å². The van der Waals surface area contributed by atoms with Gasteiger partial charge in [0.1, 0.15) is 5.41 Å². The Morgan fingerprint density at radius 2 is 2.21 bits per heavy atom. The van der Waals surface area contributed by atoms with E-state index in [9.17, 15) is 18.8 Å². The molecule has 0 radical (unpaired) electrons. The van der Waals surface area contributed by atoms with Crippen molar-refractivity contribution in [2.24, 2.45) is 17.3 Å². The average molecular weight is 413 g/mol. The minimum absolute atomic E-state index is 0.0646. The van der Waals surface area contributed by atoms with Crippen molar-refractivity contribution in [3.05, 3.63) is 35.7 Å². The maximum absolute atomic E-state index is 13.3. The number of hydrogen-bond donors (Lipinski definition) is 0. The summed E-state index contributed by atoms with van der Waals surface area (Å²) in [7, 11) is 0. The summed E-state index contributed by atoms with van der Waals surface area (Å²) in [6, 6.07) is 5.93. The van der Waals surface area contributed by atoms with Gasteiger partial charge in [0, 0.05) is 36.6 Å². The molecule has 0 aromatic carbocycles. The highest BCUT2D eigenvalue weighted by Crippen LogP contribution is 2.54. The van der Waals surface area contributed by atoms with E-state index in [2.05, 4.69) is 16.2 Å². The molecule has 2 aliphatic rings. The third-order valence-corrected chi connectivity index (χ3v) is 7.06. The summed E-state index contributed by atoms with van der Waals surface area (Å²) in [4.78, 5) is 19.4. The molecule has 2 fully saturated rings. The molecule has 148 valence electrons. The summed E-state index contributed by atoms with van der Waals surface area (Å²) in [6.07, 6.45) is 3.99. The number of amides is 1. The first-order valence-corrected chi connectivity index (χ1v) is 10.2. The minimum Gasteiger partial charge on any atom is -0.309 e. The van der Waals surface area contributed by atoms with Crippen LogP contribution in [0.25, 0.3) is 16.0 Å². The molecule has 9 heteroatoms. The van der Waals surface area contributed by atoms with Crippen molar-refractivity contribution in [1.29, 1.82) is 5.26 Å². The third kappa shape index (κ3) is 2.59. The highest BCUT2D eigenvalue weighted by molar-refractivity contribution is 7.15. The molecule has 0 unspecified atom stereocenters. The maximum Gasteiger partial charge on any atom is 0.289 e. The molecule has 1 aliphatic carbocycles. The Hall–Kier alpha value is -2.86. The summed E-state index contributed by atoms with van der Waals surface area (Å²) < 4.78 is 27.4. The van der Waals surface area contributed by atoms with Crippen molar-refractivity contribution in [2.75, 3.05) is 11.4 Å². The Labute approximate surface area is 169 Å². The van der Waals surface area contributed by atoms with Crippen LogP contribution in [-0.2, 0) is 4.79 Å². The lowest BCUT2D eigenvalue weighted by Gasteiger charge is -2.23. The lowest BCUT2D eigenvalue weighted by molar-refractivity contribution is -0.124. The van der Waals surface area contributed by atoms with Crippen LogP contribution < -0.4 is 4.90 Å². The van der Waals surface area contributed by atoms with E-state index in [0.717, 1.165) is 24.2 Å². The van der Waals surface area contributed by atoms with Crippen molar-refractivity contribution < 1.29 is 13.6 Å². The summed E-state index contributed by atoms with van der Waals surface area (Å²) in [5, 5.41) is 13.9. The van der Waals surface area contributed by atoms with Crippen LogP contribution in [0.2, 0.25) is 0 Å². The van der Waals surface area contributed by atoms with E-state index < -0.39 is 11.8 Å². The lowest BCUT2D eigenvalue weighted by Crippen LogP contribution is -2.37. The summed E-state index contributed by atoms with van der Waals surface area (Å²) >= 11 is 0.938. The Kier molecular flexibility index (Phi) is 3.96. The average Bonchev–Trinajstić information content (AvgIpc) is 3.17. The van der Waals surface area contributed by atoms with Gasteiger partial charge in [-0.3, -0.25) is 4.79 Å². The molecule has 1 amide bonds. The van der Waals surface area contributed by atoms with E-state index in [-0.39, 0.29) is 22.8 Å². The van der Waals surface area contributed by atoms with Gasteiger partial charge >= 0.3 is 0 Å². The van der Waals surface area contributed by atoms with Crippen molar-refractivity contribution in [2.45, 2.75) is 26.2 Å². The Balaban J connectivity index is 1.57. The molecule has 1 saturated carbocycles. The molecule has 3 aromatic rings. The highest BCUT2D eigenvalue weighted by Gasteiger charge is 2.61. The van der Waals surface area contributed by atoms with E-state index in [4.69, 9.17) is 0 Å². The molecule has 29 heavy (non-hydrogen) atoms. The minimum atomic E-state index is -2.61. The van der Waals surface area contributed by atoms with Crippen molar-refractivity contribution in [1.82, 2.24) is 14.6 Å². The van der Waals surface area contributed by atoms with Gasteiger partial charge < -0.3 is 4.90 Å². The fourth-order valence-corrected chi connectivity index (χ4v) is 5.15. The van der Waals surface area contributed by atoms with Gasteiger partial charge in [0.15, 0.2) is 5.01 Å². The fraction of sp³-hybridized carbons (Fsp3) is 0.400. The second kappa shape index (κ2) is 6.32. The number of aromatic nitrogens is 3. The van der Waals surface area contributed by atoms with Crippen LogP contribution in [0.4, 0.5) is 14.5 Å². The Morgan fingerprint density at radius 1 is 1.41 bits per heavy atom.